The Hall–Kier alpha value is -1.40. The van der Waals surface area contributed by atoms with Crippen LogP contribution >= 0.6 is 15.9 Å². The Labute approximate surface area is 128 Å². The largest absolute Gasteiger partial charge is 0.416 e. The Balaban J connectivity index is 2.40. The highest BCUT2D eigenvalue weighted by Gasteiger charge is 2.35. The Morgan fingerprint density at radius 2 is 2.10 bits per heavy atom. The summed E-state index contributed by atoms with van der Waals surface area (Å²) in [5, 5.41) is 0. The second kappa shape index (κ2) is 5.77. The smallest absolute Gasteiger partial charge is 0.362 e. The fourth-order valence-electron chi connectivity index (χ4n) is 2.08. The minimum Gasteiger partial charge on any atom is -0.362 e. The van der Waals surface area contributed by atoms with Gasteiger partial charge in [0, 0.05) is 7.11 Å². The molecular formula is C15H12BrF3O2. The average molecular weight is 361 g/mol. The van der Waals surface area contributed by atoms with E-state index in [1.165, 1.54) is 13.2 Å². The van der Waals surface area contributed by atoms with Crippen molar-refractivity contribution in [3.05, 3.63) is 53.6 Å². The van der Waals surface area contributed by atoms with Gasteiger partial charge in [0.05, 0.1) is 11.5 Å². The highest BCUT2D eigenvalue weighted by molar-refractivity contribution is 9.10. The first-order valence-electron chi connectivity index (χ1n) is 6.08. The number of rotatable bonds is 3. The SMILES string of the molecule is COC1(Br)C=CC(c2cccc(C(F)(F)F)c2)=CC1C=O. The van der Waals surface area contributed by atoms with Crippen LogP contribution in [0.2, 0.25) is 0 Å². The zero-order chi connectivity index (χ0) is 15.7. The van der Waals surface area contributed by atoms with Gasteiger partial charge < -0.3 is 9.53 Å². The van der Waals surface area contributed by atoms with Gasteiger partial charge in [-0.25, -0.2) is 0 Å². The van der Waals surface area contributed by atoms with Crippen LogP contribution in [-0.4, -0.2) is 17.9 Å². The Morgan fingerprint density at radius 1 is 1.38 bits per heavy atom. The average Bonchev–Trinajstić information content (AvgIpc) is 2.47. The molecule has 0 heterocycles. The summed E-state index contributed by atoms with van der Waals surface area (Å²) < 4.78 is 42.5. The van der Waals surface area contributed by atoms with Gasteiger partial charge in [0.2, 0.25) is 0 Å². The quantitative estimate of drug-likeness (QED) is 0.596. The molecule has 0 bridgehead atoms. The van der Waals surface area contributed by atoms with E-state index in [2.05, 4.69) is 15.9 Å². The van der Waals surface area contributed by atoms with Crippen LogP contribution in [0.1, 0.15) is 11.1 Å². The minimum absolute atomic E-state index is 0.401. The summed E-state index contributed by atoms with van der Waals surface area (Å²) >= 11 is 3.30. The summed E-state index contributed by atoms with van der Waals surface area (Å²) in [7, 11) is 1.44. The first-order chi connectivity index (χ1) is 9.80. The fraction of sp³-hybridized carbons (Fsp3) is 0.267. The highest BCUT2D eigenvalue weighted by atomic mass is 79.9. The number of alkyl halides is 4. The standard InChI is InChI=1S/C15H12BrF3O2/c1-21-14(16)6-5-11(8-13(14)9-20)10-3-2-4-12(7-10)15(17,18)19/h2-9,13H,1H3. The lowest BCUT2D eigenvalue weighted by atomic mass is 9.90. The number of carbonyl (C=O) groups is 1. The van der Waals surface area contributed by atoms with Crippen LogP contribution in [0.3, 0.4) is 0 Å². The predicted octanol–water partition coefficient (Wildman–Crippen LogP) is 4.21. The molecule has 2 rings (SSSR count). The summed E-state index contributed by atoms with van der Waals surface area (Å²) in [4.78, 5) is 11.2. The lowest BCUT2D eigenvalue weighted by Crippen LogP contribution is -2.33. The third-order valence-electron chi connectivity index (χ3n) is 3.29. The third kappa shape index (κ3) is 3.27. The van der Waals surface area contributed by atoms with Gasteiger partial charge in [0.25, 0.3) is 0 Å². The van der Waals surface area contributed by atoms with Crippen LogP contribution in [0.4, 0.5) is 13.2 Å². The Kier molecular flexibility index (Phi) is 4.39. The molecule has 2 atom stereocenters. The van der Waals surface area contributed by atoms with Crippen molar-refractivity contribution in [1.82, 2.24) is 0 Å². The van der Waals surface area contributed by atoms with Crippen LogP contribution in [0.25, 0.3) is 5.57 Å². The molecule has 21 heavy (non-hydrogen) atoms. The molecule has 0 spiro atoms. The van der Waals surface area contributed by atoms with Crippen molar-refractivity contribution >= 4 is 27.8 Å². The normalized spacial score (nSPS) is 25.6. The monoisotopic (exact) mass is 360 g/mol. The van der Waals surface area contributed by atoms with Gasteiger partial charge in [-0.1, -0.05) is 24.3 Å². The molecule has 6 heteroatoms. The number of carbonyl (C=O) groups excluding carboxylic acids is 1. The highest BCUT2D eigenvalue weighted by Crippen LogP contribution is 2.38. The van der Waals surface area contributed by atoms with Crippen molar-refractivity contribution in [3.63, 3.8) is 0 Å². The number of ether oxygens (including phenoxy) is 1. The van der Waals surface area contributed by atoms with Crippen LogP contribution in [-0.2, 0) is 15.7 Å². The van der Waals surface area contributed by atoms with E-state index in [1.807, 2.05) is 0 Å². The third-order valence-corrected chi connectivity index (χ3v) is 4.40. The van der Waals surface area contributed by atoms with E-state index < -0.39 is 22.2 Å². The van der Waals surface area contributed by atoms with E-state index in [-0.39, 0.29) is 0 Å². The number of hydrogen-bond acceptors (Lipinski definition) is 2. The van der Waals surface area contributed by atoms with E-state index in [4.69, 9.17) is 4.74 Å². The zero-order valence-electron chi connectivity index (χ0n) is 11.0. The zero-order valence-corrected chi connectivity index (χ0v) is 12.6. The number of benzene rings is 1. The van der Waals surface area contributed by atoms with Gasteiger partial charge in [-0.05, 0) is 45.3 Å². The summed E-state index contributed by atoms with van der Waals surface area (Å²) in [6.07, 6.45) is 1.12. The second-order valence-corrected chi connectivity index (χ2v) is 5.84. The van der Waals surface area contributed by atoms with Crippen LogP contribution in [0, 0.1) is 5.92 Å². The molecule has 1 aromatic carbocycles. The van der Waals surface area contributed by atoms with E-state index in [0.29, 0.717) is 17.4 Å². The summed E-state index contributed by atoms with van der Waals surface area (Å²) in [5.74, 6) is -0.628. The maximum Gasteiger partial charge on any atom is 0.416 e. The summed E-state index contributed by atoms with van der Waals surface area (Å²) in [5.41, 5.74) is 0.225. The Bertz CT molecular complexity index is 607. The molecular weight excluding hydrogens is 349 g/mol. The molecule has 0 fully saturated rings. The van der Waals surface area contributed by atoms with Gasteiger partial charge in [-0.2, -0.15) is 13.2 Å². The molecule has 0 aromatic heterocycles. The topological polar surface area (TPSA) is 26.3 Å². The minimum atomic E-state index is -4.40. The Morgan fingerprint density at radius 3 is 2.67 bits per heavy atom. The first-order valence-corrected chi connectivity index (χ1v) is 6.87. The molecule has 1 aliphatic carbocycles. The number of aldehydes is 1. The first kappa shape index (κ1) is 16.0. The van der Waals surface area contributed by atoms with Crippen molar-refractivity contribution in [2.75, 3.05) is 7.11 Å². The molecule has 112 valence electrons. The molecule has 2 nitrogen and oxygen atoms in total. The molecule has 0 saturated heterocycles. The van der Waals surface area contributed by atoms with Crippen LogP contribution < -0.4 is 0 Å². The molecule has 0 N–H and O–H groups in total. The maximum absolute atomic E-state index is 12.7. The lowest BCUT2D eigenvalue weighted by molar-refractivity contribution is -0.137. The van der Waals surface area contributed by atoms with Gasteiger partial charge in [-0.3, -0.25) is 0 Å². The predicted molar refractivity (Wildman–Crippen MR) is 76.8 cm³/mol. The van der Waals surface area contributed by atoms with Crippen LogP contribution in [0.15, 0.2) is 42.5 Å². The summed E-state index contributed by atoms with van der Waals surface area (Å²) in [6.45, 7) is 0. The summed E-state index contributed by atoms with van der Waals surface area (Å²) in [6, 6.07) is 4.99. The molecule has 2 unspecified atom stereocenters. The maximum atomic E-state index is 12.7. The van der Waals surface area contributed by atoms with E-state index in [0.717, 1.165) is 12.1 Å². The number of methoxy groups -OCH3 is 1. The number of allylic oxidation sites excluding steroid dienone is 2. The molecule has 0 amide bonds. The van der Waals surface area contributed by atoms with Gasteiger partial charge in [0.15, 0.2) is 4.51 Å². The van der Waals surface area contributed by atoms with Crippen molar-refractivity contribution in [3.8, 4) is 0 Å². The van der Waals surface area contributed by atoms with Crippen LogP contribution in [0.5, 0.6) is 0 Å². The number of halogens is 4. The van der Waals surface area contributed by atoms with Gasteiger partial charge in [-0.15, -0.1) is 0 Å². The van der Waals surface area contributed by atoms with Crippen molar-refractivity contribution in [1.29, 1.82) is 0 Å². The van der Waals surface area contributed by atoms with Crippen molar-refractivity contribution < 1.29 is 22.7 Å². The van der Waals surface area contributed by atoms with E-state index in [9.17, 15) is 18.0 Å². The lowest BCUT2D eigenvalue weighted by Gasteiger charge is -2.30. The molecule has 1 aromatic rings. The molecule has 0 radical (unpaired) electrons. The number of hydrogen-bond donors (Lipinski definition) is 0. The van der Waals surface area contributed by atoms with Gasteiger partial charge in [0.1, 0.15) is 6.29 Å². The van der Waals surface area contributed by atoms with Crippen molar-refractivity contribution in [2.24, 2.45) is 5.92 Å². The molecule has 0 aliphatic heterocycles. The van der Waals surface area contributed by atoms with E-state index >= 15 is 0 Å². The second-order valence-electron chi connectivity index (χ2n) is 4.60. The van der Waals surface area contributed by atoms with E-state index in [1.54, 1.807) is 24.3 Å². The fourth-order valence-corrected chi connectivity index (χ4v) is 2.45. The van der Waals surface area contributed by atoms with Gasteiger partial charge >= 0.3 is 6.18 Å². The molecule has 1 aliphatic rings. The molecule has 0 saturated carbocycles. The van der Waals surface area contributed by atoms with Crippen molar-refractivity contribution in [2.45, 2.75) is 10.7 Å².